The maximum Gasteiger partial charge on any atom is 0.193 e. The van der Waals surface area contributed by atoms with Crippen molar-refractivity contribution in [2.75, 3.05) is 4.90 Å². The van der Waals surface area contributed by atoms with Gasteiger partial charge in [-0.1, -0.05) is 117 Å². The molecule has 0 saturated heterocycles. The second kappa shape index (κ2) is 12.2. The summed E-state index contributed by atoms with van der Waals surface area (Å²) in [6, 6.07) is 63.8. The second-order valence-corrected chi connectivity index (χ2v) is 15.3. The first-order valence-corrected chi connectivity index (χ1v) is 19.1. The topological polar surface area (TPSA) is 38.4 Å². The molecule has 0 bridgehead atoms. The number of hydrogen-bond donors (Lipinski definition) is 0. The van der Waals surface area contributed by atoms with Crippen molar-refractivity contribution in [3.63, 3.8) is 0 Å². The monoisotopic (exact) mass is 720 g/mol. The largest absolute Gasteiger partial charge is 0.456 e. The number of nitrogens with zero attached hydrogens (tertiary/aromatic N) is 2. The molecule has 0 aliphatic heterocycles. The normalized spacial score (nSPS) is 13.4. The molecular weight excluding hydrogens is 685 g/mol. The summed E-state index contributed by atoms with van der Waals surface area (Å²) in [5, 5.41) is 4.47. The lowest BCUT2D eigenvalue weighted by Gasteiger charge is -2.34. The third kappa shape index (κ3) is 4.82. The molecular formula is C52H36N2O2. The molecule has 1 aliphatic carbocycles. The predicted octanol–water partition coefficient (Wildman–Crippen LogP) is 13.7. The van der Waals surface area contributed by atoms with Crippen LogP contribution in [0.15, 0.2) is 186 Å². The van der Waals surface area contributed by atoms with Crippen LogP contribution in [-0.2, 0) is 5.41 Å². The molecule has 56 heavy (non-hydrogen) atoms. The van der Waals surface area contributed by atoms with Crippen LogP contribution in [-0.4, -0.2) is 10.4 Å². The molecule has 1 aliphatic rings. The molecule has 0 unspecified atom stereocenters. The van der Waals surface area contributed by atoms with E-state index in [0.29, 0.717) is 0 Å². The summed E-state index contributed by atoms with van der Waals surface area (Å²) in [5.41, 5.74) is 13.9. The summed E-state index contributed by atoms with van der Waals surface area (Å²) >= 11 is 0. The fourth-order valence-corrected chi connectivity index (χ4v) is 9.00. The van der Waals surface area contributed by atoms with E-state index < -0.39 is 0 Å². The predicted molar refractivity (Wildman–Crippen MR) is 230 cm³/mol. The van der Waals surface area contributed by atoms with E-state index in [-0.39, 0.29) is 11.2 Å². The highest BCUT2D eigenvalue weighted by Gasteiger charge is 2.36. The summed E-state index contributed by atoms with van der Waals surface area (Å²) in [7, 11) is 0. The highest BCUT2D eigenvalue weighted by atomic mass is 16.3. The van der Waals surface area contributed by atoms with E-state index in [9.17, 15) is 4.79 Å². The maximum absolute atomic E-state index is 13.6. The number of carbonyl (C=O) groups is 1. The minimum Gasteiger partial charge on any atom is -0.456 e. The standard InChI is InChI=1S/C52H36N2O2/c1-52(2)45-19-11-9-18-40(45)51(55)41-27-23-34(29-46(41)52)33-21-24-37(25-22-33)54-47-28-26-38(53(35-13-5-3-6-14-35)36-15-7-4-8-16-36)30-42(47)43-32-50-44(31-48(43)54)39-17-10-12-20-49(39)56-50/h3-32H,1-2H3. The first kappa shape index (κ1) is 32.3. The van der Waals surface area contributed by atoms with E-state index in [0.717, 1.165) is 99.9 Å². The minimum absolute atomic E-state index is 0.0986. The lowest BCUT2D eigenvalue weighted by molar-refractivity contribution is 0.103. The van der Waals surface area contributed by atoms with E-state index in [4.69, 9.17) is 4.42 Å². The zero-order valence-corrected chi connectivity index (χ0v) is 31.0. The van der Waals surface area contributed by atoms with Gasteiger partial charge in [-0.05, 0) is 101 Å². The molecule has 0 saturated carbocycles. The second-order valence-electron chi connectivity index (χ2n) is 15.3. The van der Waals surface area contributed by atoms with Crippen LogP contribution in [0.5, 0.6) is 0 Å². The van der Waals surface area contributed by atoms with Crippen LogP contribution in [0.1, 0.15) is 40.9 Å². The Morgan fingerprint density at radius 3 is 1.88 bits per heavy atom. The molecule has 4 heteroatoms. The van der Waals surface area contributed by atoms with Gasteiger partial charge in [0.2, 0.25) is 0 Å². The smallest absolute Gasteiger partial charge is 0.193 e. The van der Waals surface area contributed by atoms with Crippen LogP contribution in [0.2, 0.25) is 0 Å². The molecule has 0 spiro atoms. The lowest BCUT2D eigenvalue weighted by atomic mass is 9.68. The highest BCUT2D eigenvalue weighted by molar-refractivity contribution is 6.18. The maximum atomic E-state index is 13.6. The number of hydrogen-bond acceptors (Lipinski definition) is 3. The zero-order chi connectivity index (χ0) is 37.5. The van der Waals surface area contributed by atoms with E-state index in [1.165, 1.54) is 0 Å². The van der Waals surface area contributed by atoms with Gasteiger partial charge >= 0.3 is 0 Å². The van der Waals surface area contributed by atoms with Gasteiger partial charge in [0, 0.05) is 60.8 Å². The van der Waals surface area contributed by atoms with Gasteiger partial charge in [0.1, 0.15) is 11.2 Å². The van der Waals surface area contributed by atoms with Crippen molar-refractivity contribution in [2.24, 2.45) is 0 Å². The Morgan fingerprint density at radius 1 is 0.464 bits per heavy atom. The van der Waals surface area contributed by atoms with Gasteiger partial charge < -0.3 is 13.9 Å². The molecule has 8 aromatic carbocycles. The summed E-state index contributed by atoms with van der Waals surface area (Å²) < 4.78 is 8.82. The Labute approximate surface area is 324 Å². The molecule has 4 nitrogen and oxygen atoms in total. The minimum atomic E-state index is -0.295. The van der Waals surface area contributed by atoms with Gasteiger partial charge in [-0.25, -0.2) is 0 Å². The first-order valence-electron chi connectivity index (χ1n) is 19.1. The molecule has 11 rings (SSSR count). The number of rotatable bonds is 5. The van der Waals surface area contributed by atoms with Crippen molar-refractivity contribution >= 4 is 66.6 Å². The first-order chi connectivity index (χ1) is 27.4. The number of para-hydroxylation sites is 3. The molecule has 266 valence electrons. The Hall–Kier alpha value is -7.17. The molecule has 0 N–H and O–H groups in total. The summed E-state index contributed by atoms with van der Waals surface area (Å²) in [6.07, 6.45) is 0. The Bertz CT molecular complexity index is 3130. The number of ketones is 1. The van der Waals surface area contributed by atoms with Crippen LogP contribution in [0.25, 0.3) is 60.6 Å². The van der Waals surface area contributed by atoms with Crippen LogP contribution in [0.4, 0.5) is 17.1 Å². The van der Waals surface area contributed by atoms with E-state index in [1.54, 1.807) is 0 Å². The van der Waals surface area contributed by atoms with Crippen molar-refractivity contribution in [2.45, 2.75) is 19.3 Å². The molecule has 2 heterocycles. The Balaban J connectivity index is 1.08. The number of furan rings is 1. The van der Waals surface area contributed by atoms with Crippen molar-refractivity contribution < 1.29 is 9.21 Å². The number of aromatic nitrogens is 1. The molecule has 0 amide bonds. The average molecular weight is 721 g/mol. The van der Waals surface area contributed by atoms with Gasteiger partial charge in [-0.2, -0.15) is 0 Å². The van der Waals surface area contributed by atoms with Crippen molar-refractivity contribution in [3.05, 3.63) is 204 Å². The van der Waals surface area contributed by atoms with Crippen LogP contribution in [0.3, 0.4) is 0 Å². The summed E-state index contributed by atoms with van der Waals surface area (Å²) in [6.45, 7) is 4.44. The lowest BCUT2D eigenvalue weighted by Crippen LogP contribution is -2.30. The van der Waals surface area contributed by atoms with Gasteiger partial charge in [0.05, 0.1) is 11.0 Å². The number of fused-ring (bicyclic) bond motifs is 8. The molecule has 2 aromatic heterocycles. The van der Waals surface area contributed by atoms with Crippen molar-refractivity contribution in [1.82, 2.24) is 4.57 Å². The fraction of sp³-hybridized carbons (Fsp3) is 0.0577. The number of anilines is 3. The SMILES string of the molecule is CC1(C)c2ccccc2C(=O)c2ccc(-c3ccc(-n4c5ccc(N(c6ccccc6)c6ccccc6)cc5c5cc6oc7ccccc7c6cc54)cc3)cc21. The molecule has 0 fully saturated rings. The zero-order valence-electron chi connectivity index (χ0n) is 31.0. The van der Waals surface area contributed by atoms with Crippen LogP contribution >= 0.6 is 0 Å². The quantitative estimate of drug-likeness (QED) is 0.178. The summed E-state index contributed by atoms with van der Waals surface area (Å²) in [5.74, 6) is 0.0986. The van der Waals surface area contributed by atoms with E-state index in [1.807, 2.05) is 36.4 Å². The van der Waals surface area contributed by atoms with Crippen LogP contribution in [0, 0.1) is 0 Å². The van der Waals surface area contributed by atoms with Crippen molar-refractivity contribution in [1.29, 1.82) is 0 Å². The Kier molecular flexibility index (Phi) is 7.02. The van der Waals surface area contributed by atoms with Crippen molar-refractivity contribution in [3.8, 4) is 16.8 Å². The third-order valence-electron chi connectivity index (χ3n) is 11.8. The van der Waals surface area contributed by atoms with Gasteiger partial charge in [-0.3, -0.25) is 4.79 Å². The highest BCUT2D eigenvalue weighted by Crippen LogP contribution is 2.44. The number of carbonyl (C=O) groups excluding carboxylic acids is 1. The fourth-order valence-electron chi connectivity index (χ4n) is 9.00. The van der Waals surface area contributed by atoms with E-state index in [2.05, 4.69) is 169 Å². The van der Waals surface area contributed by atoms with Gasteiger partial charge in [0.15, 0.2) is 5.78 Å². The molecule has 0 radical (unpaired) electrons. The van der Waals surface area contributed by atoms with Crippen LogP contribution < -0.4 is 4.90 Å². The summed E-state index contributed by atoms with van der Waals surface area (Å²) in [4.78, 5) is 15.9. The van der Waals surface area contributed by atoms with E-state index >= 15 is 0 Å². The average Bonchev–Trinajstić information content (AvgIpc) is 3.77. The number of benzene rings is 8. The Morgan fingerprint density at radius 2 is 1.11 bits per heavy atom. The third-order valence-corrected chi connectivity index (χ3v) is 11.8. The molecule has 10 aromatic rings. The molecule has 0 atom stereocenters. The van der Waals surface area contributed by atoms with Gasteiger partial charge in [0.25, 0.3) is 0 Å². The van der Waals surface area contributed by atoms with Gasteiger partial charge in [-0.15, -0.1) is 0 Å².